The van der Waals surface area contributed by atoms with Gasteiger partial charge in [-0.2, -0.15) is 0 Å². The molecule has 0 saturated heterocycles. The highest BCUT2D eigenvalue weighted by atomic mass is 79.9. The predicted octanol–water partition coefficient (Wildman–Crippen LogP) is 4.99. The van der Waals surface area contributed by atoms with E-state index in [2.05, 4.69) is 37.2 Å². The molecule has 1 aromatic carbocycles. The molecule has 0 fully saturated rings. The van der Waals surface area contributed by atoms with Crippen molar-refractivity contribution in [3.05, 3.63) is 50.9 Å². The lowest BCUT2D eigenvalue weighted by Crippen LogP contribution is -2.18. The van der Waals surface area contributed by atoms with Gasteiger partial charge in [-0.05, 0) is 54.0 Å². The molecule has 1 amide bonds. The fourth-order valence-electron chi connectivity index (χ4n) is 1.83. The van der Waals surface area contributed by atoms with Gasteiger partial charge in [-0.1, -0.05) is 15.9 Å². The molecule has 0 atom stereocenters. The van der Waals surface area contributed by atoms with Crippen LogP contribution in [0.5, 0.6) is 0 Å². The van der Waals surface area contributed by atoms with Crippen LogP contribution in [0, 0.1) is 5.82 Å². The average Bonchev–Trinajstić information content (AvgIpc) is 2.76. The maximum Gasteiger partial charge on any atom is 0.272 e. The molecule has 20 heavy (non-hydrogen) atoms. The molecule has 1 N–H and O–H groups in total. The second-order valence-corrected chi connectivity index (χ2v) is 6.45. The van der Waals surface area contributed by atoms with Crippen molar-refractivity contribution in [1.82, 2.24) is 4.57 Å². The van der Waals surface area contributed by atoms with E-state index in [9.17, 15) is 9.18 Å². The van der Waals surface area contributed by atoms with E-state index in [4.69, 9.17) is 0 Å². The number of carbonyl (C=O) groups is 1. The number of carbonyl (C=O) groups excluding carboxylic acids is 1. The summed E-state index contributed by atoms with van der Waals surface area (Å²) in [6.45, 7) is 3.95. The summed E-state index contributed by atoms with van der Waals surface area (Å²) in [5, 5.41) is 2.59. The molecule has 0 unspecified atom stereocenters. The number of hydrogen-bond acceptors (Lipinski definition) is 1. The van der Waals surface area contributed by atoms with Gasteiger partial charge in [0.15, 0.2) is 0 Å². The lowest BCUT2D eigenvalue weighted by molar-refractivity contribution is 0.101. The first-order valence-corrected chi connectivity index (χ1v) is 7.61. The van der Waals surface area contributed by atoms with Crippen molar-refractivity contribution in [2.24, 2.45) is 0 Å². The van der Waals surface area contributed by atoms with Gasteiger partial charge in [0.25, 0.3) is 5.91 Å². The zero-order chi connectivity index (χ0) is 14.9. The Hall–Kier alpha value is -1.14. The van der Waals surface area contributed by atoms with Crippen LogP contribution in [0.1, 0.15) is 30.4 Å². The van der Waals surface area contributed by atoms with Crippen molar-refractivity contribution in [3.8, 4) is 0 Å². The van der Waals surface area contributed by atoms with Gasteiger partial charge in [-0.25, -0.2) is 4.39 Å². The Labute approximate surface area is 133 Å². The minimum absolute atomic E-state index is 0.134. The number of anilines is 1. The van der Waals surface area contributed by atoms with Crippen molar-refractivity contribution in [1.29, 1.82) is 0 Å². The fourth-order valence-corrected chi connectivity index (χ4v) is 2.63. The molecule has 0 bridgehead atoms. The topological polar surface area (TPSA) is 34.0 Å². The number of amides is 1. The van der Waals surface area contributed by atoms with E-state index in [-0.39, 0.29) is 17.6 Å². The summed E-state index contributed by atoms with van der Waals surface area (Å²) in [7, 11) is 0. The van der Waals surface area contributed by atoms with E-state index in [1.807, 2.05) is 24.6 Å². The third kappa shape index (κ3) is 3.30. The molecular weight excluding hydrogens is 391 g/mol. The van der Waals surface area contributed by atoms with Crippen LogP contribution in [0.2, 0.25) is 0 Å². The van der Waals surface area contributed by atoms with Crippen molar-refractivity contribution >= 4 is 43.5 Å². The van der Waals surface area contributed by atoms with E-state index in [0.29, 0.717) is 10.2 Å². The van der Waals surface area contributed by atoms with Crippen LogP contribution in [-0.2, 0) is 0 Å². The molecule has 0 aliphatic carbocycles. The van der Waals surface area contributed by atoms with Gasteiger partial charge in [0.05, 0.1) is 5.69 Å². The number of halogens is 3. The van der Waals surface area contributed by atoms with E-state index < -0.39 is 5.82 Å². The van der Waals surface area contributed by atoms with Gasteiger partial charge in [-0.15, -0.1) is 0 Å². The smallest absolute Gasteiger partial charge is 0.272 e. The number of aromatic nitrogens is 1. The molecule has 1 aromatic heterocycles. The molecular formula is C14H13Br2FN2O. The largest absolute Gasteiger partial charge is 0.340 e. The number of hydrogen-bond donors (Lipinski definition) is 1. The van der Waals surface area contributed by atoms with E-state index in [0.717, 1.165) is 4.47 Å². The molecule has 3 nitrogen and oxygen atoms in total. The summed E-state index contributed by atoms with van der Waals surface area (Å²) in [6.07, 6.45) is 1.83. The summed E-state index contributed by atoms with van der Waals surface area (Å²) < 4.78 is 17.0. The summed E-state index contributed by atoms with van der Waals surface area (Å²) >= 11 is 6.60. The molecule has 2 aromatic rings. The summed E-state index contributed by atoms with van der Waals surface area (Å²) in [5.74, 6) is -0.815. The highest BCUT2D eigenvalue weighted by Gasteiger charge is 2.16. The van der Waals surface area contributed by atoms with Gasteiger partial charge < -0.3 is 9.88 Å². The van der Waals surface area contributed by atoms with Crippen LogP contribution in [-0.4, -0.2) is 10.5 Å². The van der Waals surface area contributed by atoms with Crippen LogP contribution < -0.4 is 5.32 Å². The summed E-state index contributed by atoms with van der Waals surface area (Å²) in [4.78, 5) is 12.3. The lowest BCUT2D eigenvalue weighted by Gasteiger charge is -2.13. The van der Waals surface area contributed by atoms with E-state index in [1.165, 1.54) is 12.1 Å². The number of nitrogens with zero attached hydrogens (tertiary/aromatic N) is 1. The quantitative estimate of drug-likeness (QED) is 0.769. The van der Waals surface area contributed by atoms with Gasteiger partial charge in [0.2, 0.25) is 0 Å². The maximum absolute atomic E-state index is 13.7. The monoisotopic (exact) mass is 402 g/mol. The zero-order valence-electron chi connectivity index (χ0n) is 11.0. The molecule has 0 radical (unpaired) electrons. The first-order chi connectivity index (χ1) is 9.38. The summed E-state index contributed by atoms with van der Waals surface area (Å²) in [6, 6.07) is 6.26. The Kier molecular flexibility index (Phi) is 4.65. The van der Waals surface area contributed by atoms with Crippen molar-refractivity contribution in [2.45, 2.75) is 19.9 Å². The Morgan fingerprint density at radius 1 is 1.25 bits per heavy atom. The Morgan fingerprint density at radius 3 is 2.60 bits per heavy atom. The van der Waals surface area contributed by atoms with E-state index in [1.54, 1.807) is 12.1 Å². The van der Waals surface area contributed by atoms with Crippen LogP contribution in [0.4, 0.5) is 10.1 Å². The van der Waals surface area contributed by atoms with Crippen LogP contribution in [0.3, 0.4) is 0 Å². The molecule has 0 aliphatic heterocycles. The Balaban J connectivity index is 2.31. The number of benzene rings is 1. The SMILES string of the molecule is CC(C)n1cc(Br)cc1C(=O)Nc1cc(Br)ccc1F. The molecule has 2 rings (SSSR count). The first-order valence-electron chi connectivity index (χ1n) is 6.02. The third-order valence-electron chi connectivity index (χ3n) is 2.78. The lowest BCUT2D eigenvalue weighted by atomic mass is 10.3. The average molecular weight is 404 g/mol. The summed E-state index contributed by atoms with van der Waals surface area (Å²) in [5.41, 5.74) is 0.628. The minimum Gasteiger partial charge on any atom is -0.340 e. The molecule has 6 heteroatoms. The normalized spacial score (nSPS) is 10.9. The Bertz CT molecular complexity index is 653. The second kappa shape index (κ2) is 6.10. The minimum atomic E-state index is -0.469. The Morgan fingerprint density at radius 2 is 1.95 bits per heavy atom. The number of rotatable bonds is 3. The first kappa shape index (κ1) is 15.3. The molecule has 0 aliphatic rings. The van der Waals surface area contributed by atoms with Crippen molar-refractivity contribution in [3.63, 3.8) is 0 Å². The van der Waals surface area contributed by atoms with Gasteiger partial charge in [0, 0.05) is 21.2 Å². The second-order valence-electron chi connectivity index (χ2n) is 4.62. The van der Waals surface area contributed by atoms with Crippen molar-refractivity contribution in [2.75, 3.05) is 5.32 Å². The van der Waals surface area contributed by atoms with Crippen LogP contribution in [0.15, 0.2) is 39.4 Å². The van der Waals surface area contributed by atoms with Crippen molar-refractivity contribution < 1.29 is 9.18 Å². The number of nitrogens with one attached hydrogen (secondary N) is 1. The van der Waals surface area contributed by atoms with Crippen LogP contribution >= 0.6 is 31.9 Å². The maximum atomic E-state index is 13.7. The standard InChI is InChI=1S/C14H13Br2FN2O/c1-8(2)19-7-10(16)6-13(19)14(20)18-12-5-9(15)3-4-11(12)17/h3-8H,1-2H3,(H,18,20). The molecule has 1 heterocycles. The van der Waals surface area contributed by atoms with Gasteiger partial charge >= 0.3 is 0 Å². The molecule has 0 saturated carbocycles. The van der Waals surface area contributed by atoms with Gasteiger partial charge in [0.1, 0.15) is 11.5 Å². The third-order valence-corrected chi connectivity index (χ3v) is 3.71. The van der Waals surface area contributed by atoms with Crippen LogP contribution in [0.25, 0.3) is 0 Å². The van der Waals surface area contributed by atoms with E-state index >= 15 is 0 Å². The molecule has 106 valence electrons. The predicted molar refractivity (Wildman–Crippen MR) is 84.6 cm³/mol. The molecule has 0 spiro atoms. The van der Waals surface area contributed by atoms with Gasteiger partial charge in [-0.3, -0.25) is 4.79 Å². The highest BCUT2D eigenvalue weighted by Crippen LogP contribution is 2.23. The highest BCUT2D eigenvalue weighted by molar-refractivity contribution is 9.10. The zero-order valence-corrected chi connectivity index (χ0v) is 14.1. The fraction of sp³-hybridized carbons (Fsp3) is 0.214.